The summed E-state index contributed by atoms with van der Waals surface area (Å²) in [6.07, 6.45) is 1.84. The lowest BCUT2D eigenvalue weighted by Crippen LogP contribution is -1.92. The largest absolute Gasteiger partial charge is 0.290 e. The summed E-state index contributed by atoms with van der Waals surface area (Å²) in [5.41, 5.74) is 0.209. The molecular weight excluding hydrogens is 210 g/mol. The van der Waals surface area contributed by atoms with Crippen LogP contribution in [0.4, 0.5) is 5.69 Å². The Morgan fingerprint density at radius 1 is 1.20 bits per heavy atom. The van der Waals surface area contributed by atoms with Crippen molar-refractivity contribution in [1.29, 1.82) is 0 Å². The number of nitro benzene ring substituents is 1. The molecule has 0 aliphatic rings. The summed E-state index contributed by atoms with van der Waals surface area (Å²) in [4.78, 5) is 11.4. The van der Waals surface area contributed by atoms with E-state index in [4.69, 9.17) is 0 Å². The fourth-order valence-corrected chi connectivity index (χ4v) is 2.17. The van der Waals surface area contributed by atoms with E-state index in [1.54, 1.807) is 12.1 Å². The van der Waals surface area contributed by atoms with Crippen molar-refractivity contribution in [2.45, 2.75) is 4.90 Å². The maximum absolute atomic E-state index is 11.0. The Balaban J connectivity index is 2.85. The second kappa shape index (κ2) is 3.90. The normalized spacial score (nSPS) is 10.5. The van der Waals surface area contributed by atoms with E-state index in [9.17, 15) is 10.1 Å². The van der Waals surface area contributed by atoms with Crippen LogP contribution >= 0.6 is 11.8 Å². The van der Waals surface area contributed by atoms with Gasteiger partial charge in [-0.3, -0.25) is 10.1 Å². The average Bonchev–Trinajstić information content (AvgIpc) is 2.27. The van der Waals surface area contributed by atoms with E-state index in [0.717, 1.165) is 5.39 Å². The number of thioether (sulfide) groups is 1. The summed E-state index contributed by atoms with van der Waals surface area (Å²) in [5.74, 6) is 0. The number of hydrogen-bond acceptors (Lipinski definition) is 3. The lowest BCUT2D eigenvalue weighted by atomic mass is 10.1. The predicted octanol–water partition coefficient (Wildman–Crippen LogP) is 3.47. The smallest absolute Gasteiger partial charge is 0.258 e. The summed E-state index contributed by atoms with van der Waals surface area (Å²) >= 11 is 1.40. The summed E-state index contributed by atoms with van der Waals surface area (Å²) < 4.78 is 0. The van der Waals surface area contributed by atoms with Gasteiger partial charge in [-0.05, 0) is 23.8 Å². The van der Waals surface area contributed by atoms with Crippen LogP contribution in [0, 0.1) is 10.1 Å². The van der Waals surface area contributed by atoms with Crippen molar-refractivity contribution in [1.82, 2.24) is 0 Å². The molecule has 0 amide bonds. The van der Waals surface area contributed by atoms with Gasteiger partial charge in [0.05, 0.1) is 15.2 Å². The minimum Gasteiger partial charge on any atom is -0.258 e. The van der Waals surface area contributed by atoms with Gasteiger partial charge in [0.1, 0.15) is 0 Å². The van der Waals surface area contributed by atoms with Gasteiger partial charge in [-0.1, -0.05) is 24.3 Å². The molecule has 2 rings (SSSR count). The molecule has 0 unspecified atom stereocenters. The summed E-state index contributed by atoms with van der Waals surface area (Å²) in [5, 5.41) is 12.6. The van der Waals surface area contributed by atoms with Crippen molar-refractivity contribution < 1.29 is 4.92 Å². The van der Waals surface area contributed by atoms with Crippen LogP contribution in [0.25, 0.3) is 10.8 Å². The third-order valence-corrected chi connectivity index (χ3v) is 3.04. The minimum absolute atomic E-state index is 0.209. The molecule has 0 N–H and O–H groups in total. The Bertz CT molecular complexity index is 525. The highest BCUT2D eigenvalue weighted by atomic mass is 32.2. The second-order valence-corrected chi connectivity index (χ2v) is 3.94. The van der Waals surface area contributed by atoms with Gasteiger partial charge in [0.15, 0.2) is 0 Å². The molecule has 2 aromatic carbocycles. The molecule has 15 heavy (non-hydrogen) atoms. The Labute approximate surface area is 91.3 Å². The maximum atomic E-state index is 11.0. The van der Waals surface area contributed by atoms with Crippen LogP contribution in [0.3, 0.4) is 0 Å². The molecule has 0 heterocycles. The molecule has 0 atom stereocenters. The van der Waals surface area contributed by atoms with Gasteiger partial charge in [0.25, 0.3) is 5.69 Å². The van der Waals surface area contributed by atoms with Gasteiger partial charge >= 0.3 is 0 Å². The lowest BCUT2D eigenvalue weighted by molar-refractivity contribution is -0.385. The topological polar surface area (TPSA) is 43.1 Å². The molecule has 3 nitrogen and oxygen atoms in total. The molecule has 0 fully saturated rings. The van der Waals surface area contributed by atoms with Gasteiger partial charge in [0.2, 0.25) is 0 Å². The molecule has 0 bridgehead atoms. The van der Waals surface area contributed by atoms with Crippen molar-refractivity contribution in [3.05, 3.63) is 46.5 Å². The highest BCUT2D eigenvalue weighted by molar-refractivity contribution is 7.98. The Morgan fingerprint density at radius 3 is 2.60 bits per heavy atom. The van der Waals surface area contributed by atoms with Gasteiger partial charge in [0, 0.05) is 0 Å². The van der Waals surface area contributed by atoms with Crippen LogP contribution in [0.15, 0.2) is 41.3 Å². The minimum atomic E-state index is -0.311. The van der Waals surface area contributed by atoms with Crippen molar-refractivity contribution in [2.24, 2.45) is 0 Å². The number of nitrogens with zero attached hydrogens (tertiary/aromatic N) is 1. The fraction of sp³-hybridized carbons (Fsp3) is 0.0909. The van der Waals surface area contributed by atoms with Crippen LogP contribution < -0.4 is 0 Å². The SMILES string of the molecule is CSc1ccc2ccccc2c1[N+](=O)[O-]. The van der Waals surface area contributed by atoms with Gasteiger partial charge < -0.3 is 0 Å². The highest BCUT2D eigenvalue weighted by Gasteiger charge is 2.16. The molecule has 0 radical (unpaired) electrons. The van der Waals surface area contributed by atoms with E-state index in [2.05, 4.69) is 0 Å². The molecule has 76 valence electrons. The number of rotatable bonds is 2. The molecule has 0 saturated heterocycles. The molecule has 0 aromatic heterocycles. The van der Waals surface area contributed by atoms with Crippen molar-refractivity contribution >= 4 is 28.2 Å². The van der Waals surface area contributed by atoms with Gasteiger partial charge in [-0.25, -0.2) is 0 Å². The zero-order valence-electron chi connectivity index (χ0n) is 8.14. The number of fused-ring (bicyclic) bond motifs is 1. The molecule has 4 heteroatoms. The number of benzene rings is 2. The van der Waals surface area contributed by atoms with Crippen LogP contribution in [-0.4, -0.2) is 11.2 Å². The van der Waals surface area contributed by atoms with E-state index >= 15 is 0 Å². The Morgan fingerprint density at radius 2 is 1.93 bits per heavy atom. The average molecular weight is 219 g/mol. The third kappa shape index (κ3) is 1.68. The molecule has 0 spiro atoms. The zero-order chi connectivity index (χ0) is 10.8. The van der Waals surface area contributed by atoms with E-state index in [1.165, 1.54) is 11.8 Å². The first kappa shape index (κ1) is 9.98. The first-order chi connectivity index (χ1) is 7.24. The summed E-state index contributed by atoms with van der Waals surface area (Å²) in [7, 11) is 0. The number of hydrogen-bond donors (Lipinski definition) is 0. The Kier molecular flexibility index (Phi) is 2.60. The fourth-order valence-electron chi connectivity index (χ4n) is 1.59. The maximum Gasteiger partial charge on any atom is 0.290 e. The standard InChI is InChI=1S/C11H9NO2S/c1-15-10-7-6-8-4-2-3-5-9(8)11(10)12(13)14/h2-7H,1H3. The summed E-state index contributed by atoms with van der Waals surface area (Å²) in [6.45, 7) is 0. The van der Waals surface area contributed by atoms with Gasteiger partial charge in [-0.2, -0.15) is 0 Å². The molecule has 0 saturated carbocycles. The van der Waals surface area contributed by atoms with E-state index in [0.29, 0.717) is 10.3 Å². The van der Waals surface area contributed by atoms with Crippen molar-refractivity contribution in [3.63, 3.8) is 0 Å². The van der Waals surface area contributed by atoms with E-state index < -0.39 is 0 Å². The molecule has 0 aliphatic carbocycles. The predicted molar refractivity (Wildman–Crippen MR) is 62.4 cm³/mol. The van der Waals surface area contributed by atoms with Crippen molar-refractivity contribution in [3.8, 4) is 0 Å². The van der Waals surface area contributed by atoms with Crippen LogP contribution in [0.5, 0.6) is 0 Å². The summed E-state index contributed by atoms with van der Waals surface area (Å²) in [6, 6.07) is 11.1. The highest BCUT2D eigenvalue weighted by Crippen LogP contribution is 2.34. The van der Waals surface area contributed by atoms with E-state index in [1.807, 2.05) is 30.5 Å². The Hall–Kier alpha value is -1.55. The molecule has 2 aromatic rings. The van der Waals surface area contributed by atoms with Gasteiger partial charge in [-0.15, -0.1) is 11.8 Å². The first-order valence-corrected chi connectivity index (χ1v) is 5.66. The lowest BCUT2D eigenvalue weighted by Gasteiger charge is -2.03. The van der Waals surface area contributed by atoms with Crippen LogP contribution in [0.1, 0.15) is 0 Å². The van der Waals surface area contributed by atoms with Crippen LogP contribution in [0.2, 0.25) is 0 Å². The molecular formula is C11H9NO2S. The second-order valence-electron chi connectivity index (χ2n) is 3.09. The molecule has 0 aliphatic heterocycles. The first-order valence-electron chi connectivity index (χ1n) is 4.44. The quantitative estimate of drug-likeness (QED) is 0.441. The van der Waals surface area contributed by atoms with Crippen molar-refractivity contribution in [2.75, 3.05) is 6.26 Å². The zero-order valence-corrected chi connectivity index (χ0v) is 8.95. The van der Waals surface area contributed by atoms with Crippen LogP contribution in [-0.2, 0) is 0 Å². The monoisotopic (exact) mass is 219 g/mol. The third-order valence-electron chi connectivity index (χ3n) is 2.27. The number of nitro groups is 1. The van der Waals surface area contributed by atoms with E-state index in [-0.39, 0.29) is 10.6 Å².